The predicted octanol–water partition coefficient (Wildman–Crippen LogP) is 3.22. The lowest BCUT2D eigenvalue weighted by atomic mass is 9.99. The summed E-state index contributed by atoms with van der Waals surface area (Å²) in [5.74, 6) is 1.29. The van der Waals surface area contributed by atoms with Gasteiger partial charge in [0.1, 0.15) is 17.2 Å². The highest BCUT2D eigenvalue weighted by molar-refractivity contribution is 7.99. The highest BCUT2D eigenvalue weighted by atomic mass is 32.2. The van der Waals surface area contributed by atoms with Crippen LogP contribution in [0.2, 0.25) is 0 Å². The number of hydrogen-bond acceptors (Lipinski definition) is 9. The van der Waals surface area contributed by atoms with Crippen molar-refractivity contribution in [3.8, 4) is 11.5 Å². The van der Waals surface area contributed by atoms with E-state index in [-0.39, 0.29) is 12.5 Å². The van der Waals surface area contributed by atoms with Gasteiger partial charge < -0.3 is 23.8 Å². The molecule has 0 bridgehead atoms. The van der Waals surface area contributed by atoms with Gasteiger partial charge in [-0.05, 0) is 72.1 Å². The van der Waals surface area contributed by atoms with Crippen LogP contribution in [0.4, 0.5) is 0 Å². The zero-order valence-electron chi connectivity index (χ0n) is 23.3. The third-order valence-corrected chi connectivity index (χ3v) is 7.34. The normalized spacial score (nSPS) is 19.5. The summed E-state index contributed by atoms with van der Waals surface area (Å²) in [7, 11) is 3.15. The molecular weight excluding hydrogens is 496 g/mol. The van der Waals surface area contributed by atoms with E-state index in [1.165, 1.54) is 0 Å². The Morgan fingerprint density at radius 2 is 1.84 bits per heavy atom. The molecule has 2 unspecified atom stereocenters. The van der Waals surface area contributed by atoms with Crippen LogP contribution in [0.25, 0.3) is 0 Å². The van der Waals surface area contributed by atoms with E-state index in [9.17, 15) is 14.4 Å². The summed E-state index contributed by atoms with van der Waals surface area (Å²) in [4.78, 5) is 41.1. The molecule has 9 nitrogen and oxygen atoms in total. The smallest absolute Gasteiger partial charge is 0.333 e. The molecule has 1 amide bonds. The van der Waals surface area contributed by atoms with Crippen molar-refractivity contribution in [3.63, 3.8) is 0 Å². The summed E-state index contributed by atoms with van der Waals surface area (Å²) in [6.45, 7) is 11.3. The van der Waals surface area contributed by atoms with Gasteiger partial charge in [-0.25, -0.2) is 4.79 Å². The van der Waals surface area contributed by atoms with Gasteiger partial charge in [0.15, 0.2) is 11.5 Å². The molecule has 1 N–H and O–H groups in total. The number of rotatable bonds is 11. The minimum atomic E-state index is -1.09. The van der Waals surface area contributed by atoms with Gasteiger partial charge in [0, 0.05) is 18.1 Å². The molecule has 0 saturated carbocycles. The third-order valence-electron chi connectivity index (χ3n) is 6.11. The first-order valence-electron chi connectivity index (χ1n) is 12.6. The van der Waals surface area contributed by atoms with Crippen molar-refractivity contribution >= 4 is 29.6 Å². The average molecular weight is 539 g/mol. The Bertz CT molecular complexity index is 949. The van der Waals surface area contributed by atoms with Crippen LogP contribution >= 0.6 is 11.8 Å². The van der Waals surface area contributed by atoms with E-state index in [0.717, 1.165) is 11.3 Å². The number of benzene rings is 1. The van der Waals surface area contributed by atoms with Crippen molar-refractivity contribution in [1.82, 2.24) is 10.2 Å². The number of hydrogen-bond donors (Lipinski definition) is 1. The first-order chi connectivity index (χ1) is 17.4. The van der Waals surface area contributed by atoms with Crippen LogP contribution in [-0.4, -0.2) is 84.8 Å². The molecule has 0 radical (unpaired) electrons. The molecule has 1 aliphatic rings. The van der Waals surface area contributed by atoms with Gasteiger partial charge in [-0.15, -0.1) is 0 Å². The zero-order chi connectivity index (χ0) is 27.8. The van der Waals surface area contributed by atoms with E-state index in [1.807, 2.05) is 39.0 Å². The number of thioether (sulfide) groups is 1. The first-order valence-corrected chi connectivity index (χ1v) is 13.8. The van der Waals surface area contributed by atoms with E-state index in [4.69, 9.17) is 18.9 Å². The molecule has 3 atom stereocenters. The lowest BCUT2D eigenvalue weighted by Gasteiger charge is -2.44. The molecule has 1 aliphatic heterocycles. The minimum absolute atomic E-state index is 0.232. The van der Waals surface area contributed by atoms with Gasteiger partial charge in [0.25, 0.3) is 0 Å². The zero-order valence-corrected chi connectivity index (χ0v) is 24.2. The summed E-state index contributed by atoms with van der Waals surface area (Å²) in [5, 5.41) is 3.16. The largest absolute Gasteiger partial charge is 0.493 e. The number of esters is 2. The molecule has 37 heavy (non-hydrogen) atoms. The number of ether oxygens (including phenoxy) is 4. The predicted molar refractivity (Wildman–Crippen MR) is 144 cm³/mol. The standard InChI is InChI=1S/C27H42N2O7S/c1-9-35-24(31)20(12-10-19-11-13-21(33-7)22(16-19)34-8)28-18(2)23(30)29-14-15-37-17-27(29,6)25(32)36-26(3,4)5/h11,13,16,18,20,28H,9-10,12,14-15,17H2,1-8H3/t18-,20?,27?/m0/s1. The van der Waals surface area contributed by atoms with Gasteiger partial charge in [0.05, 0.1) is 26.9 Å². The van der Waals surface area contributed by atoms with Crippen molar-refractivity contribution in [2.45, 2.75) is 77.6 Å². The van der Waals surface area contributed by atoms with Crippen molar-refractivity contribution in [2.75, 3.05) is 38.9 Å². The first kappa shape index (κ1) is 30.8. The minimum Gasteiger partial charge on any atom is -0.493 e. The molecule has 1 fully saturated rings. The maximum Gasteiger partial charge on any atom is 0.333 e. The lowest BCUT2D eigenvalue weighted by molar-refractivity contribution is -0.172. The molecule has 0 aromatic heterocycles. The molecule has 10 heteroatoms. The molecule has 208 valence electrons. The Morgan fingerprint density at radius 1 is 1.16 bits per heavy atom. The fourth-order valence-corrected chi connectivity index (χ4v) is 5.26. The Morgan fingerprint density at radius 3 is 2.43 bits per heavy atom. The quantitative estimate of drug-likeness (QED) is 0.425. The molecule has 0 spiro atoms. The summed E-state index contributed by atoms with van der Waals surface area (Å²) in [5.41, 5.74) is -0.805. The highest BCUT2D eigenvalue weighted by Crippen LogP contribution is 2.31. The molecular formula is C27H42N2O7S. The van der Waals surface area contributed by atoms with Gasteiger partial charge in [-0.1, -0.05) is 6.07 Å². The monoisotopic (exact) mass is 538 g/mol. The number of nitrogens with zero attached hydrogens (tertiary/aromatic N) is 1. The SMILES string of the molecule is CCOC(=O)C(CCc1ccc(OC)c(OC)c1)N[C@@H](C)C(=O)N1CCSCC1(C)C(=O)OC(C)(C)C. The number of aryl methyl sites for hydroxylation is 1. The number of carbonyl (C=O) groups excluding carboxylic acids is 3. The van der Waals surface area contributed by atoms with E-state index in [1.54, 1.807) is 51.7 Å². The van der Waals surface area contributed by atoms with E-state index in [0.29, 0.717) is 36.6 Å². The summed E-state index contributed by atoms with van der Waals surface area (Å²) >= 11 is 1.62. The molecule has 1 heterocycles. The van der Waals surface area contributed by atoms with Crippen LogP contribution in [0.1, 0.15) is 53.5 Å². The second-order valence-corrected chi connectivity index (χ2v) is 11.3. The molecule has 1 saturated heterocycles. The van der Waals surface area contributed by atoms with Crippen LogP contribution in [0.5, 0.6) is 11.5 Å². The van der Waals surface area contributed by atoms with Crippen LogP contribution < -0.4 is 14.8 Å². The van der Waals surface area contributed by atoms with Gasteiger partial charge in [-0.3, -0.25) is 14.9 Å². The Labute approximate surface area is 224 Å². The van der Waals surface area contributed by atoms with E-state index in [2.05, 4.69) is 5.32 Å². The average Bonchev–Trinajstić information content (AvgIpc) is 2.85. The highest BCUT2D eigenvalue weighted by Gasteiger charge is 2.47. The second-order valence-electron chi connectivity index (χ2n) is 10.2. The molecule has 0 aliphatic carbocycles. The lowest BCUT2D eigenvalue weighted by Crippen LogP contribution is -2.64. The third kappa shape index (κ3) is 8.26. The molecule has 1 aromatic rings. The van der Waals surface area contributed by atoms with E-state index >= 15 is 0 Å². The molecule has 2 rings (SSSR count). The number of methoxy groups -OCH3 is 2. The number of nitrogens with one attached hydrogen (secondary N) is 1. The fourth-order valence-electron chi connectivity index (χ4n) is 4.13. The van der Waals surface area contributed by atoms with Crippen molar-refractivity contribution in [2.24, 2.45) is 0 Å². The van der Waals surface area contributed by atoms with Crippen molar-refractivity contribution in [3.05, 3.63) is 23.8 Å². The van der Waals surface area contributed by atoms with Crippen LogP contribution in [-0.2, 0) is 30.3 Å². The number of carbonyl (C=O) groups is 3. The van der Waals surface area contributed by atoms with Crippen molar-refractivity contribution < 1.29 is 33.3 Å². The number of amides is 1. The summed E-state index contributed by atoms with van der Waals surface area (Å²) in [6.07, 6.45) is 0.957. The summed E-state index contributed by atoms with van der Waals surface area (Å²) in [6, 6.07) is 4.17. The molecule has 1 aromatic carbocycles. The van der Waals surface area contributed by atoms with Crippen LogP contribution in [0, 0.1) is 0 Å². The second kappa shape index (κ2) is 13.4. The summed E-state index contributed by atoms with van der Waals surface area (Å²) < 4.78 is 21.6. The van der Waals surface area contributed by atoms with Crippen LogP contribution in [0.3, 0.4) is 0 Å². The van der Waals surface area contributed by atoms with Gasteiger partial charge in [-0.2, -0.15) is 11.8 Å². The Balaban J connectivity index is 2.17. The fraction of sp³-hybridized carbons (Fsp3) is 0.667. The van der Waals surface area contributed by atoms with Gasteiger partial charge >= 0.3 is 11.9 Å². The van der Waals surface area contributed by atoms with E-state index < -0.39 is 35.2 Å². The maximum absolute atomic E-state index is 13.6. The maximum atomic E-state index is 13.6. The van der Waals surface area contributed by atoms with Gasteiger partial charge in [0.2, 0.25) is 5.91 Å². The topological polar surface area (TPSA) is 103 Å². The van der Waals surface area contributed by atoms with Crippen LogP contribution in [0.15, 0.2) is 18.2 Å². The Kier molecular flexibility index (Phi) is 11.1. The van der Waals surface area contributed by atoms with Crippen molar-refractivity contribution in [1.29, 1.82) is 0 Å². The Hall–Kier alpha value is -2.46.